The maximum absolute atomic E-state index is 15.5. The van der Waals surface area contributed by atoms with Crippen molar-refractivity contribution in [3.05, 3.63) is 53.5 Å². The van der Waals surface area contributed by atoms with Crippen LogP contribution < -0.4 is 18.1 Å². The third kappa shape index (κ3) is 21.4. The lowest BCUT2D eigenvalue weighted by Gasteiger charge is -2.28. The van der Waals surface area contributed by atoms with E-state index in [9.17, 15) is 21.0 Å². The molecule has 0 fully saturated rings. The molecule has 2 aromatic rings. The molecule has 8 nitrogen and oxygen atoms in total. The van der Waals surface area contributed by atoms with Gasteiger partial charge in [0.15, 0.2) is 0 Å². The van der Waals surface area contributed by atoms with Crippen LogP contribution in [0.5, 0.6) is 0 Å². The first kappa shape index (κ1) is 64.0. The quantitative estimate of drug-likeness (QED) is 0.0608. The minimum atomic E-state index is -0.192. The molecule has 0 radical (unpaired) electrons. The van der Waals surface area contributed by atoms with E-state index < -0.39 is 0 Å². The van der Waals surface area contributed by atoms with Crippen molar-refractivity contribution in [3.8, 4) is 24.3 Å². The SMILES string of the molecule is CCCCCCCCCCC(CCCCCCCCCC)CCN1C(=O)C2=C(C(=O)N(CCC(CCCCCCCCCC)CCCCCCCCCC)/C2=c2\ccc(=C(C#N)C#N)s2)/C1=c1/ccc(=C(C#N)C#N)s1. The average Bonchev–Trinajstić information content (AvgIpc) is 4.30. The highest BCUT2D eigenvalue weighted by Crippen LogP contribution is 2.44. The van der Waals surface area contributed by atoms with Gasteiger partial charge in [0.2, 0.25) is 0 Å². The number of rotatable bonds is 42. The summed E-state index contributed by atoms with van der Waals surface area (Å²) in [6, 6.07) is 15.5. The monoisotopic (exact) mass is 1070 g/mol. The molecule has 4 heterocycles. The van der Waals surface area contributed by atoms with Crippen LogP contribution in [0.15, 0.2) is 35.4 Å². The van der Waals surface area contributed by atoms with Gasteiger partial charge in [0.1, 0.15) is 35.4 Å². The van der Waals surface area contributed by atoms with Crippen LogP contribution >= 0.6 is 22.7 Å². The fourth-order valence-electron chi connectivity index (χ4n) is 11.6. The highest BCUT2D eigenvalue weighted by Gasteiger charge is 2.49. The van der Waals surface area contributed by atoms with Crippen LogP contribution in [0.25, 0.3) is 22.5 Å². The standard InChI is InChI=1S/C66H98N6O2S2/c1-5-9-13-17-21-25-29-33-37-53(38-34-30-26-22-18-14-10-6-2)45-47-71-63(59-43-41-57(75-59)55(49-67)50-68)61-62(65(71)73)64(60-44-42-58(76-60)56(51-69)52-70)72(66(61)74)48-46-54(39-35-31-27-23-19-15-11-7-3)40-36-32-28-24-20-16-12-8-4/h41-44,53-54H,5-40,45-48H2,1-4H3/b63-59+,64-60+. The fourth-order valence-corrected chi connectivity index (χ4v) is 13.6. The van der Waals surface area contributed by atoms with E-state index in [0.717, 1.165) is 38.5 Å². The summed E-state index contributed by atoms with van der Waals surface area (Å²) in [5, 5.41) is 39.7. The van der Waals surface area contributed by atoms with Crippen LogP contribution in [0.1, 0.15) is 272 Å². The van der Waals surface area contributed by atoms with E-state index in [1.807, 2.05) is 21.9 Å². The lowest BCUT2D eigenvalue weighted by Crippen LogP contribution is -2.38. The minimum absolute atomic E-state index is 0.0107. The van der Waals surface area contributed by atoms with Gasteiger partial charge in [-0.2, -0.15) is 21.0 Å². The van der Waals surface area contributed by atoms with Crippen LogP contribution in [0.2, 0.25) is 0 Å². The summed E-state index contributed by atoms with van der Waals surface area (Å²) in [6.45, 7) is 10.0. The van der Waals surface area contributed by atoms with Gasteiger partial charge >= 0.3 is 0 Å². The van der Waals surface area contributed by atoms with Crippen LogP contribution in [0.3, 0.4) is 0 Å². The maximum Gasteiger partial charge on any atom is 0.261 e. The lowest BCUT2D eigenvalue weighted by molar-refractivity contribution is -0.123. The highest BCUT2D eigenvalue weighted by molar-refractivity contribution is 7.08. The molecular formula is C66H98N6O2S2. The molecule has 4 rings (SSSR count). The number of amides is 2. The van der Waals surface area contributed by atoms with Crippen LogP contribution in [0, 0.1) is 57.2 Å². The first-order valence-corrected chi connectivity index (χ1v) is 32.6. The van der Waals surface area contributed by atoms with Crippen molar-refractivity contribution in [1.29, 1.82) is 21.0 Å². The summed E-state index contributed by atoms with van der Waals surface area (Å²) in [5.41, 5.74) is 1.99. The van der Waals surface area contributed by atoms with Gasteiger partial charge in [-0.25, -0.2) is 0 Å². The highest BCUT2D eigenvalue weighted by atomic mass is 32.1. The first-order valence-electron chi connectivity index (χ1n) is 31.0. The van der Waals surface area contributed by atoms with E-state index in [0.29, 0.717) is 65.6 Å². The Morgan fingerprint density at radius 1 is 0.382 bits per heavy atom. The largest absolute Gasteiger partial charge is 0.306 e. The average molecular weight is 1070 g/mol. The molecule has 0 unspecified atom stereocenters. The van der Waals surface area contributed by atoms with Gasteiger partial charge in [-0.3, -0.25) is 9.59 Å². The van der Waals surface area contributed by atoms with Crippen molar-refractivity contribution in [2.24, 2.45) is 11.8 Å². The Hall–Kier alpha value is -4.48. The van der Waals surface area contributed by atoms with Crippen LogP contribution in [0.4, 0.5) is 0 Å². The normalized spacial score (nSPS) is 14.8. The summed E-state index contributed by atoms with van der Waals surface area (Å²) in [5.74, 6) is 0.507. The predicted octanol–water partition coefficient (Wildman–Crippen LogP) is 16.2. The summed E-state index contributed by atoms with van der Waals surface area (Å²) in [7, 11) is 0. The van der Waals surface area contributed by atoms with Crippen LogP contribution in [-0.4, -0.2) is 34.7 Å². The summed E-state index contributed by atoms with van der Waals surface area (Å²) >= 11 is 2.60. The van der Waals surface area contributed by atoms with Crippen molar-refractivity contribution in [2.45, 2.75) is 272 Å². The van der Waals surface area contributed by atoms with E-state index in [2.05, 4.69) is 52.0 Å². The zero-order valence-electron chi connectivity index (χ0n) is 48.1. The van der Waals surface area contributed by atoms with Gasteiger partial charge in [0.25, 0.3) is 11.8 Å². The van der Waals surface area contributed by atoms with Crippen molar-refractivity contribution < 1.29 is 9.59 Å². The van der Waals surface area contributed by atoms with E-state index in [1.54, 1.807) is 12.1 Å². The summed E-state index contributed by atoms with van der Waals surface area (Å²) in [4.78, 5) is 34.8. The molecule has 2 amide bonds. The van der Waals surface area contributed by atoms with Crippen molar-refractivity contribution >= 4 is 57.0 Å². The second-order valence-electron chi connectivity index (χ2n) is 22.2. The molecule has 0 atom stereocenters. The molecule has 0 N–H and O–H groups in total. The second-order valence-corrected chi connectivity index (χ2v) is 24.4. The van der Waals surface area contributed by atoms with Gasteiger partial charge in [0.05, 0.1) is 40.7 Å². The zero-order chi connectivity index (χ0) is 54.6. The number of hydrogen-bond donors (Lipinski definition) is 0. The molecule has 0 aliphatic carbocycles. The summed E-state index contributed by atoms with van der Waals surface area (Å²) in [6.07, 6.45) is 46.8. The predicted molar refractivity (Wildman–Crippen MR) is 319 cm³/mol. The van der Waals surface area contributed by atoms with Gasteiger partial charge in [-0.1, -0.05) is 259 Å². The van der Waals surface area contributed by atoms with E-state index in [-0.39, 0.29) is 23.0 Å². The number of hydrogen-bond acceptors (Lipinski definition) is 8. The molecule has 0 aromatic carbocycles. The zero-order valence-corrected chi connectivity index (χ0v) is 49.7. The molecule has 10 heteroatoms. The smallest absolute Gasteiger partial charge is 0.261 e. The molecule has 0 saturated carbocycles. The first-order chi connectivity index (χ1) is 37.3. The topological polar surface area (TPSA) is 136 Å². The molecule has 0 bridgehead atoms. The Balaban J connectivity index is 1.71. The molecule has 2 aromatic heterocycles. The number of nitriles is 4. The molecule has 2 aliphatic heterocycles. The molecule has 2 aliphatic rings. The minimum Gasteiger partial charge on any atom is -0.306 e. The maximum atomic E-state index is 15.5. The third-order valence-corrected chi connectivity index (χ3v) is 18.4. The molecule has 0 saturated heterocycles. The molecule has 76 heavy (non-hydrogen) atoms. The molecular weight excluding hydrogens is 973 g/mol. The Bertz CT molecular complexity index is 2260. The van der Waals surface area contributed by atoms with E-state index in [1.165, 1.54) is 228 Å². The number of unbranched alkanes of at least 4 members (excludes halogenated alkanes) is 28. The Labute approximate surface area is 469 Å². The Morgan fingerprint density at radius 3 is 0.882 bits per heavy atom. The van der Waals surface area contributed by atoms with Gasteiger partial charge < -0.3 is 9.80 Å². The van der Waals surface area contributed by atoms with Gasteiger partial charge in [0, 0.05) is 13.1 Å². The molecule has 0 spiro atoms. The van der Waals surface area contributed by atoms with Gasteiger partial charge in [-0.15, -0.1) is 22.7 Å². The van der Waals surface area contributed by atoms with E-state index >= 15 is 9.59 Å². The number of thiophene rings is 2. The lowest BCUT2D eigenvalue weighted by atomic mass is 9.91. The third-order valence-electron chi connectivity index (χ3n) is 16.2. The van der Waals surface area contributed by atoms with Crippen molar-refractivity contribution in [1.82, 2.24) is 9.80 Å². The Morgan fingerprint density at radius 2 is 0.632 bits per heavy atom. The van der Waals surface area contributed by atoms with Gasteiger partial charge in [-0.05, 0) is 48.9 Å². The number of carbonyl (C=O) groups excluding carboxylic acids is 2. The number of carbonyl (C=O) groups is 2. The second kappa shape index (κ2) is 39.0. The molecule has 416 valence electrons. The number of nitrogens with zero attached hydrogens (tertiary/aromatic N) is 6. The Kier molecular flexibility index (Phi) is 32.8. The van der Waals surface area contributed by atoms with Crippen molar-refractivity contribution in [2.75, 3.05) is 13.1 Å². The van der Waals surface area contributed by atoms with Crippen LogP contribution in [-0.2, 0) is 9.59 Å². The van der Waals surface area contributed by atoms with E-state index in [4.69, 9.17) is 0 Å². The fraction of sp³-hybridized carbons (Fsp3) is 0.697. The summed E-state index contributed by atoms with van der Waals surface area (Å²) < 4.78 is 2.44. The van der Waals surface area contributed by atoms with Crippen molar-refractivity contribution in [3.63, 3.8) is 0 Å².